The van der Waals surface area contributed by atoms with Gasteiger partial charge in [0.1, 0.15) is 6.10 Å². The highest BCUT2D eigenvalue weighted by Gasteiger charge is 2.25. The van der Waals surface area contributed by atoms with Crippen LogP contribution in [0.15, 0.2) is 12.7 Å². The minimum absolute atomic E-state index is 0.420. The molecule has 0 spiro atoms. The smallest absolute Gasteiger partial charge is 0.104 e. The van der Waals surface area contributed by atoms with Gasteiger partial charge in [-0.15, -0.1) is 6.58 Å². The van der Waals surface area contributed by atoms with Gasteiger partial charge in [-0.05, 0) is 70.1 Å². The minimum Gasteiger partial charge on any atom is -0.378 e. The summed E-state index contributed by atoms with van der Waals surface area (Å²) in [4.78, 5) is 0. The first kappa shape index (κ1) is 93.4. The number of hydrogen-bond acceptors (Lipinski definition) is 9. The fourth-order valence-electron chi connectivity index (χ4n) is 12.0. The Morgan fingerprint density at radius 1 is 0.260 bits per heavy atom. The number of allylic oxidation sites excluding steroid dienone is 1. The van der Waals surface area contributed by atoms with Crippen molar-refractivity contribution in [3.63, 3.8) is 0 Å². The van der Waals surface area contributed by atoms with Crippen LogP contribution < -0.4 is 0 Å². The van der Waals surface area contributed by atoms with Crippen LogP contribution in [0.3, 0.4) is 0 Å². The van der Waals surface area contributed by atoms with Gasteiger partial charge in [0.25, 0.3) is 0 Å². The van der Waals surface area contributed by atoms with Crippen molar-refractivity contribution in [3.8, 4) is 0 Å². The fourth-order valence-corrected chi connectivity index (χ4v) is 12.0. The third-order valence-corrected chi connectivity index (χ3v) is 19.9. The second-order valence-electron chi connectivity index (χ2n) is 30.3. The topological polar surface area (TPSA) is 109 Å². The van der Waals surface area contributed by atoms with E-state index in [0.29, 0.717) is 48.8 Å². The van der Waals surface area contributed by atoms with Crippen LogP contribution in [0.2, 0.25) is 0 Å². The molecule has 0 radical (unpaired) electrons. The van der Waals surface area contributed by atoms with Crippen LogP contribution in [0.1, 0.15) is 428 Å². The van der Waals surface area contributed by atoms with Crippen LogP contribution in [-0.4, -0.2) is 115 Å². The summed E-state index contributed by atoms with van der Waals surface area (Å²) in [7, 11) is 0. The molecule has 8 heterocycles. The lowest BCUT2D eigenvalue weighted by Gasteiger charge is -2.13. The van der Waals surface area contributed by atoms with E-state index in [-0.39, 0.29) is 0 Å². The standard InChI is InChI=1S/C16H32O.C14H28O.C12H24O.C11H22O2.C10H20O.C10H18O.C8H16O.C6H12O/c1-2-3-4-5-6-7-8-9-10-11-12-13-14-16-15-17-16;1-2-3-4-5-6-7-8-9-10-11-12-14-13-15-14;1-2-3-4-5-6-7-8-9-10-12-11-13-12;1-3-5-6-10(4-2)7-12-8-11-9-13-11;2*1-2-3-4-5-6-7-8-10-9-11-10;1-2-3-4-5-6-8-7-9-8;1-2-3-4-6-5-7-6/h16H,2-15H2,1H3;14H,2-13H2,1H3;12H,2-11H2,1H3;10-11H,3-9H2,1-2H3;10H,2-9H2,1H3;2,10H,1,3-9H2;8H,2-7H2,1H3;6H,2-5H2,1H3. The maximum atomic E-state index is 5.58. The van der Waals surface area contributed by atoms with E-state index in [9.17, 15) is 0 Å². The predicted octanol–water partition coefficient (Wildman–Crippen LogP) is 26.7. The molecule has 0 saturated carbocycles. The Morgan fingerprint density at radius 3 is 0.667 bits per heavy atom. The summed E-state index contributed by atoms with van der Waals surface area (Å²) in [5.41, 5.74) is 0. The molecule has 9 heteroatoms. The molecule has 8 aliphatic heterocycles. The summed E-state index contributed by atoms with van der Waals surface area (Å²) >= 11 is 0. The van der Waals surface area contributed by atoms with Crippen molar-refractivity contribution < 1.29 is 42.6 Å². The fraction of sp³-hybridized carbons (Fsp3) is 0.977. The molecule has 0 aromatic heterocycles. The molecular weight excluding hydrogens is 1190 g/mol. The maximum Gasteiger partial charge on any atom is 0.104 e. The molecule has 0 N–H and O–H groups in total. The van der Waals surface area contributed by atoms with Gasteiger partial charge in [0, 0.05) is 6.61 Å². The zero-order valence-electron chi connectivity index (χ0n) is 66.2. The molecular formula is C87H172O9. The molecule has 0 aromatic rings. The second kappa shape index (κ2) is 75.5. The average molecular weight is 1360 g/mol. The van der Waals surface area contributed by atoms with Crippen LogP contribution >= 0.6 is 0 Å². The number of rotatable bonds is 63. The van der Waals surface area contributed by atoms with Crippen molar-refractivity contribution in [1.82, 2.24) is 0 Å². The predicted molar refractivity (Wildman–Crippen MR) is 416 cm³/mol. The van der Waals surface area contributed by atoms with Crippen LogP contribution in [0, 0.1) is 5.92 Å². The Kier molecular flexibility index (Phi) is 73.5. The number of unbranched alkanes of at least 4 members (excludes halogenated alkanes) is 41. The van der Waals surface area contributed by atoms with Crippen LogP contribution in [0.25, 0.3) is 0 Å². The molecule has 8 aliphatic rings. The summed E-state index contributed by atoms with van der Waals surface area (Å²) in [5.74, 6) is 0.763. The van der Waals surface area contributed by atoms with Crippen molar-refractivity contribution >= 4 is 0 Å². The van der Waals surface area contributed by atoms with Crippen LogP contribution in [0.4, 0.5) is 0 Å². The Bertz CT molecular complexity index is 1450. The van der Waals surface area contributed by atoms with Gasteiger partial charge >= 0.3 is 0 Å². The summed E-state index contributed by atoms with van der Waals surface area (Å²) < 4.78 is 46.6. The van der Waals surface area contributed by atoms with E-state index in [0.717, 1.165) is 72.0 Å². The number of ether oxygens (including phenoxy) is 9. The van der Waals surface area contributed by atoms with E-state index >= 15 is 0 Å². The third-order valence-electron chi connectivity index (χ3n) is 19.9. The zero-order chi connectivity index (χ0) is 69.4. The van der Waals surface area contributed by atoms with E-state index in [4.69, 9.17) is 42.6 Å². The first-order valence-corrected chi connectivity index (χ1v) is 43.5. The van der Waals surface area contributed by atoms with Gasteiger partial charge in [-0.1, -0.05) is 370 Å². The molecule has 574 valence electrons. The molecule has 0 bridgehead atoms. The van der Waals surface area contributed by atoms with E-state index < -0.39 is 0 Å². The largest absolute Gasteiger partial charge is 0.378 e. The van der Waals surface area contributed by atoms with E-state index in [1.54, 1.807) is 0 Å². The molecule has 8 fully saturated rings. The quantitative estimate of drug-likeness (QED) is 0.0334. The summed E-state index contributed by atoms with van der Waals surface area (Å²) in [6, 6.07) is 0. The maximum absolute atomic E-state index is 5.58. The van der Waals surface area contributed by atoms with E-state index in [1.807, 2.05) is 6.08 Å². The number of hydrogen-bond donors (Lipinski definition) is 0. The van der Waals surface area contributed by atoms with Gasteiger partial charge in [0.2, 0.25) is 0 Å². The first-order chi connectivity index (χ1) is 47.4. The van der Waals surface area contributed by atoms with Gasteiger partial charge in [0.15, 0.2) is 0 Å². The molecule has 9 nitrogen and oxygen atoms in total. The van der Waals surface area contributed by atoms with Gasteiger partial charge in [0.05, 0.1) is 102 Å². The van der Waals surface area contributed by atoms with Crippen LogP contribution in [0.5, 0.6) is 0 Å². The normalized spacial score (nSPS) is 21.5. The zero-order valence-corrected chi connectivity index (χ0v) is 66.2. The molecule has 9 atom stereocenters. The summed E-state index contributed by atoms with van der Waals surface area (Å²) in [5, 5.41) is 0. The highest BCUT2D eigenvalue weighted by Crippen LogP contribution is 2.24. The molecule has 8 rings (SSSR count). The highest BCUT2D eigenvalue weighted by atomic mass is 16.6. The molecule has 9 unspecified atom stereocenters. The molecule has 96 heavy (non-hydrogen) atoms. The van der Waals surface area contributed by atoms with Gasteiger partial charge in [-0.25, -0.2) is 0 Å². The molecule has 0 aromatic carbocycles. The summed E-state index contributed by atoms with van der Waals surface area (Å²) in [6.45, 7) is 31.6. The Morgan fingerprint density at radius 2 is 0.458 bits per heavy atom. The first-order valence-electron chi connectivity index (χ1n) is 43.5. The minimum atomic E-state index is 0.420. The van der Waals surface area contributed by atoms with Crippen molar-refractivity contribution in [3.05, 3.63) is 12.7 Å². The lowest BCUT2D eigenvalue weighted by molar-refractivity contribution is 0.0813. The van der Waals surface area contributed by atoms with Crippen molar-refractivity contribution in [1.29, 1.82) is 0 Å². The lowest BCUT2D eigenvalue weighted by atomic mass is 10.0. The third kappa shape index (κ3) is 84.0. The van der Waals surface area contributed by atoms with Gasteiger partial charge in [-0.2, -0.15) is 0 Å². The average Bonchev–Trinajstić information content (AvgIpc) is 4.18. The number of epoxide rings is 8. The van der Waals surface area contributed by atoms with E-state index in [1.165, 1.54) is 372 Å². The SMILES string of the molecule is C=CCCCCCCC1CO1.CCCCC(CC)COCC1CO1.CCCCC1CO1.CCCCCCC1CO1.CCCCCCCCC1CO1.CCCCCCCCCCC1CO1.CCCCCCCCCCCCC1CO1.CCCCCCCCCCCCCCC1CO1. The second-order valence-corrected chi connectivity index (χ2v) is 30.3. The monoisotopic (exact) mass is 1360 g/mol. The summed E-state index contributed by atoms with van der Waals surface area (Å²) in [6.07, 6.45) is 87.5. The van der Waals surface area contributed by atoms with Gasteiger partial charge in [-0.3, -0.25) is 0 Å². The Labute approximate surface area is 600 Å². The van der Waals surface area contributed by atoms with Crippen molar-refractivity contribution in [2.45, 2.75) is 477 Å². The molecule has 0 amide bonds. The Balaban J connectivity index is 0.000000554. The molecule has 0 aliphatic carbocycles. The van der Waals surface area contributed by atoms with Crippen molar-refractivity contribution in [2.75, 3.05) is 66.1 Å². The van der Waals surface area contributed by atoms with Crippen molar-refractivity contribution in [2.24, 2.45) is 5.92 Å². The molecule has 8 saturated heterocycles. The van der Waals surface area contributed by atoms with Crippen LogP contribution in [-0.2, 0) is 42.6 Å². The van der Waals surface area contributed by atoms with E-state index in [2.05, 4.69) is 62.0 Å². The Hall–Kier alpha value is -0.620. The van der Waals surface area contributed by atoms with Gasteiger partial charge < -0.3 is 42.6 Å². The lowest BCUT2D eigenvalue weighted by Crippen LogP contribution is -2.11. The highest BCUT2D eigenvalue weighted by molar-refractivity contribution is 4.73.